The van der Waals surface area contributed by atoms with E-state index in [0.717, 1.165) is 19.3 Å². The molecular weight excluding hydrogens is 255 g/mol. The van der Waals surface area contributed by atoms with Crippen LogP contribution in [0.15, 0.2) is 10.2 Å². The van der Waals surface area contributed by atoms with Crippen molar-refractivity contribution in [2.24, 2.45) is 0 Å². The van der Waals surface area contributed by atoms with Crippen molar-refractivity contribution in [3.05, 3.63) is 10.2 Å². The van der Waals surface area contributed by atoms with Crippen LogP contribution in [0.3, 0.4) is 0 Å². The van der Waals surface area contributed by atoms with Crippen LogP contribution in [0.25, 0.3) is 0 Å². The minimum atomic E-state index is -0.290. The summed E-state index contributed by atoms with van der Waals surface area (Å²) in [4.78, 5) is 0. The van der Waals surface area contributed by atoms with E-state index in [1.165, 1.54) is 0 Å². The van der Waals surface area contributed by atoms with Gasteiger partial charge in [-0.05, 0) is 0 Å². The number of unbranched alkanes of at least 4 members (excludes halogenated alkanes) is 2. The average molecular weight is 275 g/mol. The molecule has 1 N–H and O–H groups in total. The molecule has 0 aromatic heterocycles. The predicted molar refractivity (Wildman–Crippen MR) is 55.5 cm³/mol. The van der Waals surface area contributed by atoms with E-state index in [4.69, 9.17) is 5.11 Å². The number of rotatable bonds is 5. The van der Waals surface area contributed by atoms with Gasteiger partial charge in [0.15, 0.2) is 0 Å². The van der Waals surface area contributed by atoms with Crippen molar-refractivity contribution >= 4 is 21.1 Å². The topological polar surface area (TPSA) is 20.2 Å². The molecule has 0 fully saturated rings. The van der Waals surface area contributed by atoms with E-state index in [0.29, 0.717) is 10.0 Å². The van der Waals surface area contributed by atoms with Crippen LogP contribution in [0.1, 0.15) is 40.0 Å². The Morgan fingerprint density at radius 2 is 1.92 bits per heavy atom. The van der Waals surface area contributed by atoms with Crippen LogP contribution >= 0.6 is 0 Å². The molecule has 0 aromatic rings. The van der Waals surface area contributed by atoms with Crippen molar-refractivity contribution in [1.29, 1.82) is 0 Å². The maximum absolute atomic E-state index is 8.54. The first kappa shape index (κ1) is 12.5. The molecular formula is C10H20OSn. The summed E-state index contributed by atoms with van der Waals surface area (Å²) in [6.07, 6.45) is 5.53. The van der Waals surface area contributed by atoms with E-state index in [9.17, 15) is 0 Å². The molecule has 0 aliphatic carbocycles. The summed E-state index contributed by atoms with van der Waals surface area (Å²) in [5, 5.41) is 8.54. The molecule has 0 spiro atoms. The summed E-state index contributed by atoms with van der Waals surface area (Å²) in [7, 11) is 0. The van der Waals surface area contributed by atoms with Gasteiger partial charge in [-0.15, -0.1) is 0 Å². The molecule has 2 heteroatoms. The van der Waals surface area contributed by atoms with Gasteiger partial charge in [-0.2, -0.15) is 0 Å². The third kappa shape index (κ3) is 10.5. The number of aliphatic hydroxyl groups is 1. The van der Waals surface area contributed by atoms with Gasteiger partial charge in [0.2, 0.25) is 0 Å². The van der Waals surface area contributed by atoms with Gasteiger partial charge in [0.05, 0.1) is 0 Å². The number of hydrogen-bond donors (Lipinski definition) is 1. The summed E-state index contributed by atoms with van der Waals surface area (Å²) in [5.74, 6) is 0. The summed E-state index contributed by atoms with van der Waals surface area (Å²) >= 11 is -0.290. The van der Waals surface area contributed by atoms with E-state index in [1.54, 1.807) is 0 Å². The van der Waals surface area contributed by atoms with E-state index in [2.05, 4.69) is 30.9 Å². The van der Waals surface area contributed by atoms with Crippen molar-refractivity contribution in [3.63, 3.8) is 0 Å². The molecule has 0 saturated heterocycles. The normalized spacial score (nSPS) is 12.7. The second kappa shape index (κ2) is 6.96. The van der Waals surface area contributed by atoms with Crippen molar-refractivity contribution in [1.82, 2.24) is 0 Å². The van der Waals surface area contributed by atoms with Crippen molar-refractivity contribution in [2.45, 2.75) is 43.5 Å². The first-order chi connectivity index (χ1) is 5.56. The fourth-order valence-electron chi connectivity index (χ4n) is 0.766. The van der Waals surface area contributed by atoms with E-state index in [1.807, 2.05) is 0 Å². The van der Waals surface area contributed by atoms with Crippen LogP contribution in [0.5, 0.6) is 0 Å². The Balaban J connectivity index is 3.26. The van der Waals surface area contributed by atoms with E-state index in [-0.39, 0.29) is 21.1 Å². The standard InChI is InChI=1S/C6H11O.C4H9.Sn/c1-2-3-4-5-6-7;1-4(2)3;/h1-2,7H,3-6H2;1-3H3;. The summed E-state index contributed by atoms with van der Waals surface area (Å²) in [6.45, 7) is 7.29. The molecule has 0 atom stereocenters. The molecule has 0 rings (SSSR count). The Bertz CT molecular complexity index is 124. The fourth-order valence-corrected chi connectivity index (χ4v) is 3.01. The first-order valence-electron chi connectivity index (χ1n) is 4.60. The fraction of sp³-hybridized carbons (Fsp3) is 0.800. The molecule has 1 nitrogen and oxygen atoms in total. The van der Waals surface area contributed by atoms with Gasteiger partial charge >= 0.3 is 86.5 Å². The summed E-state index contributed by atoms with van der Waals surface area (Å²) < 4.78 is 3.00. The van der Waals surface area contributed by atoms with Gasteiger partial charge in [-0.1, -0.05) is 0 Å². The van der Waals surface area contributed by atoms with Crippen LogP contribution in [-0.4, -0.2) is 32.9 Å². The first-order valence-corrected chi connectivity index (χ1v) is 7.67. The number of aliphatic hydroxyl groups excluding tert-OH is 1. The van der Waals surface area contributed by atoms with Crippen LogP contribution < -0.4 is 0 Å². The Morgan fingerprint density at radius 1 is 1.25 bits per heavy atom. The van der Waals surface area contributed by atoms with Gasteiger partial charge in [-0.3, -0.25) is 0 Å². The van der Waals surface area contributed by atoms with E-state index >= 15 is 0 Å². The molecule has 70 valence electrons. The molecule has 0 saturated carbocycles. The number of allylic oxidation sites excluding steroid dienone is 1. The summed E-state index contributed by atoms with van der Waals surface area (Å²) in [5.41, 5.74) is 0. The van der Waals surface area contributed by atoms with Crippen LogP contribution in [0.4, 0.5) is 0 Å². The average Bonchev–Trinajstić information content (AvgIpc) is 1.94. The third-order valence-corrected chi connectivity index (χ3v) is 5.03. The Morgan fingerprint density at radius 3 is 2.42 bits per heavy atom. The minimum absolute atomic E-state index is 0.290. The van der Waals surface area contributed by atoms with Crippen molar-refractivity contribution in [3.8, 4) is 0 Å². The molecule has 12 heavy (non-hydrogen) atoms. The molecule has 0 aliphatic rings. The van der Waals surface area contributed by atoms with Gasteiger partial charge in [0, 0.05) is 0 Å². The molecule has 0 aliphatic heterocycles. The monoisotopic (exact) mass is 276 g/mol. The number of hydrogen-bond acceptors (Lipinski definition) is 1. The summed E-state index contributed by atoms with van der Waals surface area (Å²) in [6, 6.07) is 0. The zero-order chi connectivity index (χ0) is 9.45. The quantitative estimate of drug-likeness (QED) is 0.604. The molecule has 0 aromatic carbocycles. The molecule has 0 bridgehead atoms. The Labute approximate surface area is 86.5 Å². The second-order valence-corrected chi connectivity index (χ2v) is 10.1. The van der Waals surface area contributed by atoms with Crippen LogP contribution in [0, 0.1) is 0 Å². The maximum atomic E-state index is 8.54. The van der Waals surface area contributed by atoms with Crippen molar-refractivity contribution in [2.75, 3.05) is 6.61 Å². The molecule has 0 unspecified atom stereocenters. The predicted octanol–water partition coefficient (Wildman–Crippen LogP) is 2.59. The van der Waals surface area contributed by atoms with Crippen molar-refractivity contribution < 1.29 is 5.11 Å². The zero-order valence-electron chi connectivity index (χ0n) is 8.43. The third-order valence-electron chi connectivity index (χ3n) is 1.41. The van der Waals surface area contributed by atoms with E-state index < -0.39 is 0 Å². The van der Waals surface area contributed by atoms with Crippen LogP contribution in [-0.2, 0) is 0 Å². The SMILES string of the molecule is C[C](C)(C)[Sn]/[CH]=C/CCCCO. The van der Waals surface area contributed by atoms with Gasteiger partial charge in [-0.25, -0.2) is 0 Å². The zero-order valence-corrected chi connectivity index (χ0v) is 11.3. The molecule has 2 radical (unpaired) electrons. The van der Waals surface area contributed by atoms with Gasteiger partial charge < -0.3 is 0 Å². The van der Waals surface area contributed by atoms with Crippen LogP contribution in [0.2, 0.25) is 3.43 Å². The molecule has 0 heterocycles. The Hall–Kier alpha value is 0.499. The van der Waals surface area contributed by atoms with Gasteiger partial charge in [0.25, 0.3) is 0 Å². The second-order valence-electron chi connectivity index (χ2n) is 4.02. The molecule has 0 amide bonds. The Kier molecular flexibility index (Phi) is 7.24. The van der Waals surface area contributed by atoms with Gasteiger partial charge in [0.1, 0.15) is 0 Å².